The molecule has 0 amide bonds. The van der Waals surface area contributed by atoms with Gasteiger partial charge in [-0.3, -0.25) is 9.55 Å². The van der Waals surface area contributed by atoms with Crippen LogP contribution in [0.2, 0.25) is 0 Å². The number of imidazole rings is 1. The fraction of sp³-hybridized carbons (Fsp3) is 0.150. The topological polar surface area (TPSA) is 69.0 Å². The van der Waals surface area contributed by atoms with Crippen LogP contribution in [-0.2, 0) is 9.53 Å². The smallest absolute Gasteiger partial charge is 0.338 e. The number of rotatable bonds is 4. The van der Waals surface area contributed by atoms with E-state index in [-0.39, 0.29) is 18.6 Å². The van der Waals surface area contributed by atoms with E-state index < -0.39 is 0 Å². The zero-order valence-electron chi connectivity index (χ0n) is 14.3. The molecular weight excluding hydrogens is 328 g/mol. The van der Waals surface area contributed by atoms with E-state index >= 15 is 0 Å². The highest BCUT2D eigenvalue weighted by molar-refractivity contribution is 5.94. The third-order valence-electron chi connectivity index (χ3n) is 4.38. The summed E-state index contributed by atoms with van der Waals surface area (Å²) in [6.45, 7) is 5.63. The van der Waals surface area contributed by atoms with Crippen LogP contribution < -0.4 is 5.32 Å². The highest BCUT2D eigenvalue weighted by Gasteiger charge is 2.34. The molecule has 0 aliphatic carbocycles. The molecule has 1 aliphatic heterocycles. The van der Waals surface area contributed by atoms with Gasteiger partial charge in [0.25, 0.3) is 0 Å². The van der Waals surface area contributed by atoms with Crippen LogP contribution in [0, 0.1) is 0 Å². The second-order valence-electron chi connectivity index (χ2n) is 6.03. The molecule has 1 N–H and O–H groups in total. The number of carbonyl (C=O) groups is 1. The number of hydrogen-bond donors (Lipinski definition) is 1. The first kappa shape index (κ1) is 16.1. The summed E-state index contributed by atoms with van der Waals surface area (Å²) in [4.78, 5) is 21.7. The molecule has 0 saturated carbocycles. The molecule has 1 atom stereocenters. The van der Waals surface area contributed by atoms with Crippen LogP contribution in [0.4, 0.5) is 5.95 Å². The van der Waals surface area contributed by atoms with Crippen molar-refractivity contribution in [3.8, 4) is 0 Å². The zero-order chi connectivity index (χ0) is 18.1. The number of anilines is 1. The first-order chi connectivity index (χ1) is 12.7. The number of para-hydroxylation sites is 2. The third-order valence-corrected chi connectivity index (χ3v) is 4.38. The van der Waals surface area contributed by atoms with E-state index in [0.29, 0.717) is 11.5 Å². The lowest BCUT2D eigenvalue weighted by Gasteiger charge is -2.29. The molecule has 0 spiro atoms. The summed E-state index contributed by atoms with van der Waals surface area (Å²) in [6.07, 6.45) is 5.04. The Hall–Kier alpha value is -3.41. The number of carbonyl (C=O) groups excluding carboxylic acids is 1. The lowest BCUT2D eigenvalue weighted by atomic mass is 9.96. The summed E-state index contributed by atoms with van der Waals surface area (Å²) in [5, 5.41) is 3.24. The SMILES string of the molecule is C=CCOC(=O)C1=C(C)Nc2nc3ccccc3n2[C@@H]1c1cccnc1. The van der Waals surface area contributed by atoms with Crippen LogP contribution in [0.5, 0.6) is 0 Å². The highest BCUT2D eigenvalue weighted by Crippen LogP contribution is 2.39. The molecule has 26 heavy (non-hydrogen) atoms. The second kappa shape index (κ2) is 6.48. The van der Waals surface area contributed by atoms with Crippen molar-refractivity contribution < 1.29 is 9.53 Å². The maximum absolute atomic E-state index is 12.8. The van der Waals surface area contributed by atoms with Crippen LogP contribution in [0.25, 0.3) is 11.0 Å². The minimum Gasteiger partial charge on any atom is -0.458 e. The van der Waals surface area contributed by atoms with Crippen LogP contribution in [0.1, 0.15) is 18.5 Å². The fourth-order valence-corrected chi connectivity index (χ4v) is 3.29. The lowest BCUT2D eigenvalue weighted by Crippen LogP contribution is -2.29. The Balaban J connectivity index is 1.94. The Kier molecular flexibility index (Phi) is 4.01. The normalized spacial score (nSPS) is 16.1. The van der Waals surface area contributed by atoms with Gasteiger partial charge in [0, 0.05) is 18.1 Å². The van der Waals surface area contributed by atoms with Crippen LogP contribution in [0.15, 0.2) is 72.7 Å². The molecule has 1 aliphatic rings. The van der Waals surface area contributed by atoms with Gasteiger partial charge in [-0.1, -0.05) is 30.9 Å². The molecule has 0 unspecified atom stereocenters. The Labute approximate surface area is 150 Å². The number of aromatic nitrogens is 3. The molecule has 1 aromatic carbocycles. The first-order valence-corrected chi connectivity index (χ1v) is 8.33. The van der Waals surface area contributed by atoms with Crippen molar-refractivity contribution in [1.29, 1.82) is 0 Å². The molecule has 2 aromatic heterocycles. The summed E-state index contributed by atoms with van der Waals surface area (Å²) >= 11 is 0. The van der Waals surface area contributed by atoms with E-state index in [4.69, 9.17) is 4.74 Å². The number of nitrogens with zero attached hydrogens (tertiary/aromatic N) is 3. The molecule has 0 fully saturated rings. The van der Waals surface area contributed by atoms with Crippen molar-refractivity contribution in [3.63, 3.8) is 0 Å². The molecule has 6 heteroatoms. The minimum absolute atomic E-state index is 0.160. The maximum Gasteiger partial charge on any atom is 0.338 e. The van der Waals surface area contributed by atoms with Gasteiger partial charge in [-0.15, -0.1) is 0 Å². The van der Waals surface area contributed by atoms with Crippen molar-refractivity contribution in [2.24, 2.45) is 0 Å². The van der Waals surface area contributed by atoms with Gasteiger partial charge in [0.1, 0.15) is 6.61 Å². The quantitative estimate of drug-likeness (QED) is 0.579. The molecule has 6 nitrogen and oxygen atoms in total. The predicted molar refractivity (Wildman–Crippen MR) is 99.6 cm³/mol. The number of hydrogen-bond acceptors (Lipinski definition) is 5. The summed E-state index contributed by atoms with van der Waals surface area (Å²) in [5.74, 6) is 0.310. The zero-order valence-corrected chi connectivity index (χ0v) is 14.3. The lowest BCUT2D eigenvalue weighted by molar-refractivity contribution is -0.138. The molecule has 130 valence electrons. The average molecular weight is 346 g/mol. The molecule has 4 rings (SSSR count). The number of allylic oxidation sites excluding steroid dienone is 1. The van der Waals surface area contributed by atoms with E-state index in [0.717, 1.165) is 22.3 Å². The van der Waals surface area contributed by atoms with Gasteiger partial charge in [-0.25, -0.2) is 9.78 Å². The largest absolute Gasteiger partial charge is 0.458 e. The maximum atomic E-state index is 12.8. The molecule has 3 aromatic rings. The van der Waals surface area contributed by atoms with Gasteiger partial charge in [0.2, 0.25) is 5.95 Å². The standard InChI is InChI=1S/C20H18N4O2/c1-3-11-26-19(25)17-13(2)22-20-23-15-8-4-5-9-16(15)24(20)18(17)14-7-6-10-21-12-14/h3-10,12,18H,1,11H2,2H3,(H,22,23)/t18-/m1/s1. The van der Waals surface area contributed by atoms with Gasteiger partial charge >= 0.3 is 5.97 Å². The third kappa shape index (κ3) is 2.56. The number of esters is 1. The predicted octanol–water partition coefficient (Wildman–Crippen LogP) is 3.45. The van der Waals surface area contributed by atoms with Crippen molar-refractivity contribution >= 4 is 23.0 Å². The molecular formula is C20H18N4O2. The molecule has 0 saturated heterocycles. The van der Waals surface area contributed by atoms with Gasteiger partial charge in [-0.05, 0) is 30.7 Å². The number of pyridine rings is 1. The highest BCUT2D eigenvalue weighted by atomic mass is 16.5. The van der Waals surface area contributed by atoms with E-state index in [2.05, 4.69) is 21.9 Å². The summed E-state index contributed by atoms with van der Waals surface area (Å²) in [5.41, 5.74) is 3.94. The molecule has 0 bridgehead atoms. The number of nitrogens with one attached hydrogen (secondary N) is 1. The van der Waals surface area contributed by atoms with Crippen molar-refractivity contribution in [2.45, 2.75) is 13.0 Å². The van der Waals surface area contributed by atoms with E-state index in [1.807, 2.05) is 47.9 Å². The van der Waals surface area contributed by atoms with Crippen molar-refractivity contribution in [1.82, 2.24) is 14.5 Å². The first-order valence-electron chi connectivity index (χ1n) is 8.33. The van der Waals surface area contributed by atoms with Crippen LogP contribution in [-0.4, -0.2) is 27.1 Å². The van der Waals surface area contributed by atoms with Gasteiger partial charge in [0.05, 0.1) is 22.6 Å². The summed E-state index contributed by atoms with van der Waals surface area (Å²) in [7, 11) is 0. The Morgan fingerprint density at radius 2 is 2.19 bits per heavy atom. The second-order valence-corrected chi connectivity index (χ2v) is 6.03. The number of benzene rings is 1. The minimum atomic E-state index is -0.382. The number of ether oxygens (including phenoxy) is 1. The van der Waals surface area contributed by atoms with Gasteiger partial charge < -0.3 is 10.1 Å². The Morgan fingerprint density at radius 3 is 2.96 bits per heavy atom. The van der Waals surface area contributed by atoms with Gasteiger partial charge in [-0.2, -0.15) is 0 Å². The van der Waals surface area contributed by atoms with E-state index in [9.17, 15) is 4.79 Å². The Morgan fingerprint density at radius 1 is 1.35 bits per heavy atom. The Bertz CT molecular complexity index is 1020. The van der Waals surface area contributed by atoms with Crippen molar-refractivity contribution in [3.05, 3.63) is 78.3 Å². The van der Waals surface area contributed by atoms with E-state index in [1.165, 1.54) is 0 Å². The van der Waals surface area contributed by atoms with Crippen LogP contribution in [0.3, 0.4) is 0 Å². The van der Waals surface area contributed by atoms with E-state index in [1.54, 1.807) is 18.5 Å². The summed E-state index contributed by atoms with van der Waals surface area (Å²) in [6, 6.07) is 11.3. The van der Waals surface area contributed by atoms with Crippen molar-refractivity contribution in [2.75, 3.05) is 11.9 Å². The molecule has 0 radical (unpaired) electrons. The van der Waals surface area contributed by atoms with Crippen LogP contribution >= 0.6 is 0 Å². The monoisotopic (exact) mass is 346 g/mol. The fourth-order valence-electron chi connectivity index (χ4n) is 3.29. The number of fused-ring (bicyclic) bond motifs is 3. The van der Waals surface area contributed by atoms with Gasteiger partial charge in [0.15, 0.2) is 0 Å². The summed E-state index contributed by atoms with van der Waals surface area (Å²) < 4.78 is 7.37. The molecule has 3 heterocycles. The average Bonchev–Trinajstić information content (AvgIpc) is 3.03.